The van der Waals surface area contributed by atoms with E-state index in [4.69, 9.17) is 16.3 Å². The van der Waals surface area contributed by atoms with E-state index in [1.807, 2.05) is 12.1 Å². The lowest BCUT2D eigenvalue weighted by atomic mass is 10.00. The molecule has 17 heavy (non-hydrogen) atoms. The minimum atomic E-state index is 0.385. The molecule has 0 bridgehead atoms. The third-order valence-corrected chi connectivity index (χ3v) is 2.90. The van der Waals surface area contributed by atoms with Gasteiger partial charge in [-0.25, -0.2) is 0 Å². The van der Waals surface area contributed by atoms with E-state index < -0.39 is 0 Å². The van der Waals surface area contributed by atoms with Crippen molar-refractivity contribution in [2.45, 2.75) is 19.8 Å². The van der Waals surface area contributed by atoms with Crippen LogP contribution in [0.1, 0.15) is 25.3 Å². The van der Waals surface area contributed by atoms with Gasteiger partial charge in [-0.3, -0.25) is 0 Å². The normalized spacial score (nSPS) is 13.0. The van der Waals surface area contributed by atoms with Crippen molar-refractivity contribution < 1.29 is 4.74 Å². The van der Waals surface area contributed by atoms with Gasteiger partial charge in [0.05, 0.1) is 6.61 Å². The summed E-state index contributed by atoms with van der Waals surface area (Å²) in [6.45, 7) is 7.12. The van der Waals surface area contributed by atoms with Gasteiger partial charge in [0.2, 0.25) is 0 Å². The van der Waals surface area contributed by atoms with Gasteiger partial charge in [-0.05, 0) is 30.2 Å². The summed E-state index contributed by atoms with van der Waals surface area (Å²) in [6, 6.07) is 8.01. The maximum atomic E-state index is 5.89. The average molecular weight is 256 g/mol. The zero-order valence-electron chi connectivity index (χ0n) is 10.9. The molecule has 0 fully saturated rings. The van der Waals surface area contributed by atoms with Crippen molar-refractivity contribution in [1.82, 2.24) is 5.32 Å². The van der Waals surface area contributed by atoms with Crippen molar-refractivity contribution in [2.75, 3.05) is 26.8 Å². The molecule has 3 heteroatoms. The molecule has 1 unspecified atom stereocenters. The highest BCUT2D eigenvalue weighted by atomic mass is 35.5. The fourth-order valence-electron chi connectivity index (χ4n) is 1.76. The molecular formula is C14H22ClNO. The highest BCUT2D eigenvalue weighted by molar-refractivity contribution is 6.30. The zero-order chi connectivity index (χ0) is 12.7. The van der Waals surface area contributed by atoms with Gasteiger partial charge in [0.25, 0.3) is 0 Å². The van der Waals surface area contributed by atoms with Crippen molar-refractivity contribution in [3.05, 3.63) is 34.9 Å². The molecular weight excluding hydrogens is 234 g/mol. The minimum Gasteiger partial charge on any atom is -0.384 e. The second-order valence-corrected chi connectivity index (χ2v) is 5.19. The van der Waals surface area contributed by atoms with Crippen LogP contribution >= 0.6 is 11.6 Å². The molecule has 0 aliphatic carbocycles. The SMILES string of the molecule is COCC(CNCC(C)C)c1ccc(Cl)cc1. The maximum absolute atomic E-state index is 5.89. The number of hydrogen-bond donors (Lipinski definition) is 1. The van der Waals surface area contributed by atoms with E-state index >= 15 is 0 Å². The van der Waals surface area contributed by atoms with Crippen molar-refractivity contribution in [3.63, 3.8) is 0 Å². The van der Waals surface area contributed by atoms with Crippen molar-refractivity contribution >= 4 is 11.6 Å². The second-order valence-electron chi connectivity index (χ2n) is 4.76. The molecule has 2 nitrogen and oxygen atoms in total. The highest BCUT2D eigenvalue weighted by Gasteiger charge is 2.11. The topological polar surface area (TPSA) is 21.3 Å². The van der Waals surface area contributed by atoms with Crippen LogP contribution < -0.4 is 5.32 Å². The van der Waals surface area contributed by atoms with Gasteiger partial charge in [0.15, 0.2) is 0 Å². The molecule has 1 aromatic carbocycles. The summed E-state index contributed by atoms with van der Waals surface area (Å²) in [4.78, 5) is 0. The monoisotopic (exact) mass is 255 g/mol. The molecule has 0 amide bonds. The predicted molar refractivity (Wildman–Crippen MR) is 73.8 cm³/mol. The lowest BCUT2D eigenvalue weighted by Crippen LogP contribution is -2.27. The van der Waals surface area contributed by atoms with Crippen LogP contribution in [0.25, 0.3) is 0 Å². The molecule has 0 heterocycles. The first kappa shape index (κ1) is 14.5. The maximum Gasteiger partial charge on any atom is 0.0543 e. The number of hydrogen-bond acceptors (Lipinski definition) is 2. The van der Waals surface area contributed by atoms with Crippen LogP contribution in [-0.2, 0) is 4.74 Å². The Morgan fingerprint density at radius 3 is 2.35 bits per heavy atom. The Labute approximate surface area is 109 Å². The molecule has 0 aliphatic rings. The molecule has 96 valence electrons. The van der Waals surface area contributed by atoms with Gasteiger partial charge in [-0.15, -0.1) is 0 Å². The molecule has 0 saturated heterocycles. The van der Waals surface area contributed by atoms with Crippen LogP contribution in [0.15, 0.2) is 24.3 Å². The molecule has 0 aromatic heterocycles. The van der Waals surface area contributed by atoms with Crippen molar-refractivity contribution in [3.8, 4) is 0 Å². The lowest BCUT2D eigenvalue weighted by Gasteiger charge is -2.18. The molecule has 1 aromatic rings. The van der Waals surface area contributed by atoms with E-state index in [1.165, 1.54) is 5.56 Å². The highest BCUT2D eigenvalue weighted by Crippen LogP contribution is 2.18. The van der Waals surface area contributed by atoms with Gasteiger partial charge in [0, 0.05) is 24.6 Å². The molecule has 0 radical (unpaired) electrons. The van der Waals surface area contributed by atoms with Crippen LogP contribution in [-0.4, -0.2) is 26.8 Å². The zero-order valence-corrected chi connectivity index (χ0v) is 11.6. The second kappa shape index (κ2) is 7.70. The van der Waals surface area contributed by atoms with Gasteiger partial charge in [-0.2, -0.15) is 0 Å². The van der Waals surface area contributed by atoms with Crippen LogP contribution in [0.3, 0.4) is 0 Å². The van der Waals surface area contributed by atoms with E-state index in [0.29, 0.717) is 11.8 Å². The first-order chi connectivity index (χ1) is 8.13. The fraction of sp³-hybridized carbons (Fsp3) is 0.571. The Kier molecular flexibility index (Phi) is 6.56. The van der Waals surface area contributed by atoms with Gasteiger partial charge >= 0.3 is 0 Å². The Balaban J connectivity index is 2.55. The first-order valence-electron chi connectivity index (χ1n) is 6.08. The predicted octanol–water partition coefficient (Wildman–Crippen LogP) is 3.32. The summed E-state index contributed by atoms with van der Waals surface area (Å²) in [6.07, 6.45) is 0. The van der Waals surface area contributed by atoms with Gasteiger partial charge in [-0.1, -0.05) is 37.6 Å². The largest absolute Gasteiger partial charge is 0.384 e. The fourth-order valence-corrected chi connectivity index (χ4v) is 1.88. The number of rotatable bonds is 7. The van der Waals surface area contributed by atoms with Crippen molar-refractivity contribution in [1.29, 1.82) is 0 Å². The number of ether oxygens (including phenoxy) is 1. The Morgan fingerprint density at radius 2 is 1.82 bits per heavy atom. The molecule has 0 saturated carbocycles. The molecule has 1 atom stereocenters. The summed E-state index contributed by atoms with van der Waals surface area (Å²) >= 11 is 5.89. The summed E-state index contributed by atoms with van der Waals surface area (Å²) < 4.78 is 5.27. The Hall–Kier alpha value is -0.570. The molecule has 1 N–H and O–H groups in total. The van der Waals surface area contributed by atoms with Crippen LogP contribution in [0.2, 0.25) is 5.02 Å². The average Bonchev–Trinajstić information content (AvgIpc) is 2.29. The first-order valence-corrected chi connectivity index (χ1v) is 6.46. The summed E-state index contributed by atoms with van der Waals surface area (Å²) in [7, 11) is 1.74. The third kappa shape index (κ3) is 5.53. The van der Waals surface area contributed by atoms with Gasteiger partial charge < -0.3 is 10.1 Å². The number of halogens is 1. The van der Waals surface area contributed by atoms with E-state index in [1.54, 1.807) is 7.11 Å². The summed E-state index contributed by atoms with van der Waals surface area (Å²) in [5.41, 5.74) is 1.27. The van der Waals surface area contributed by atoms with Crippen molar-refractivity contribution in [2.24, 2.45) is 5.92 Å². The van der Waals surface area contributed by atoms with E-state index in [9.17, 15) is 0 Å². The van der Waals surface area contributed by atoms with Crippen LogP contribution in [0, 0.1) is 5.92 Å². The Bertz CT molecular complexity index is 311. The summed E-state index contributed by atoms with van der Waals surface area (Å²) in [5, 5.41) is 4.25. The minimum absolute atomic E-state index is 0.385. The van der Waals surface area contributed by atoms with Gasteiger partial charge in [0.1, 0.15) is 0 Å². The Morgan fingerprint density at radius 1 is 1.18 bits per heavy atom. The van der Waals surface area contributed by atoms with Crippen LogP contribution in [0.4, 0.5) is 0 Å². The quantitative estimate of drug-likeness (QED) is 0.807. The van der Waals surface area contributed by atoms with Crippen LogP contribution in [0.5, 0.6) is 0 Å². The van der Waals surface area contributed by atoms with E-state index in [-0.39, 0.29) is 0 Å². The molecule has 0 aliphatic heterocycles. The van der Waals surface area contributed by atoms with E-state index in [0.717, 1.165) is 24.7 Å². The number of nitrogens with one attached hydrogen (secondary N) is 1. The molecule has 1 rings (SSSR count). The number of benzene rings is 1. The molecule has 0 spiro atoms. The smallest absolute Gasteiger partial charge is 0.0543 e. The summed E-state index contributed by atoms with van der Waals surface area (Å²) in [5.74, 6) is 1.06. The number of methoxy groups -OCH3 is 1. The lowest BCUT2D eigenvalue weighted by molar-refractivity contribution is 0.177. The van der Waals surface area contributed by atoms with E-state index in [2.05, 4.69) is 31.3 Å². The standard InChI is InChI=1S/C14H22ClNO/c1-11(2)8-16-9-13(10-17-3)12-4-6-14(15)7-5-12/h4-7,11,13,16H,8-10H2,1-3H3. The third-order valence-electron chi connectivity index (χ3n) is 2.65.